The number of carboxylic acids is 1. The maximum atomic E-state index is 12.2. The summed E-state index contributed by atoms with van der Waals surface area (Å²) < 4.78 is 5.46. The lowest BCUT2D eigenvalue weighted by atomic mass is 10.0. The van der Waals surface area contributed by atoms with Gasteiger partial charge in [-0.25, -0.2) is 9.59 Å². The normalized spacial score (nSPS) is 20.5. The number of aryl methyl sites for hydroxylation is 1. The van der Waals surface area contributed by atoms with Crippen molar-refractivity contribution in [2.24, 2.45) is 0 Å². The van der Waals surface area contributed by atoms with E-state index < -0.39 is 12.0 Å². The molecule has 0 aromatic carbocycles. The lowest BCUT2D eigenvalue weighted by Gasteiger charge is -2.33. The second kappa shape index (κ2) is 5.98. The lowest BCUT2D eigenvalue weighted by Crippen LogP contribution is -2.52. The van der Waals surface area contributed by atoms with Gasteiger partial charge in [-0.2, -0.15) is 0 Å². The Hall–Kier alpha value is -1.98. The minimum atomic E-state index is -0.943. The Labute approximate surface area is 117 Å². The van der Waals surface area contributed by atoms with Gasteiger partial charge in [0.05, 0.1) is 6.04 Å². The second-order valence-electron chi connectivity index (χ2n) is 5.16. The van der Waals surface area contributed by atoms with Gasteiger partial charge in [-0.1, -0.05) is 0 Å². The number of urea groups is 1. The van der Waals surface area contributed by atoms with Crippen LogP contribution in [0.3, 0.4) is 0 Å². The number of likely N-dealkylation sites (tertiary alicyclic amines) is 1. The second-order valence-corrected chi connectivity index (χ2v) is 5.16. The van der Waals surface area contributed by atoms with Crippen molar-refractivity contribution >= 4 is 12.0 Å². The first kappa shape index (κ1) is 14.4. The predicted octanol–water partition coefficient (Wildman–Crippen LogP) is 2.30. The molecule has 1 aromatic rings. The van der Waals surface area contributed by atoms with E-state index in [2.05, 4.69) is 5.32 Å². The molecule has 1 saturated heterocycles. The highest BCUT2D eigenvalue weighted by Crippen LogP contribution is 2.20. The van der Waals surface area contributed by atoms with E-state index in [1.165, 1.54) is 4.90 Å². The van der Waals surface area contributed by atoms with E-state index in [1.54, 1.807) is 0 Å². The fourth-order valence-electron chi connectivity index (χ4n) is 2.46. The fourth-order valence-corrected chi connectivity index (χ4v) is 2.46. The average molecular weight is 280 g/mol. The summed E-state index contributed by atoms with van der Waals surface area (Å²) in [6, 6.07) is 2.28. The SMILES string of the molecule is Cc1ccc(C(C)NC(=O)N2CCCCC2C(=O)O)o1. The van der Waals surface area contributed by atoms with Crippen LogP contribution < -0.4 is 5.32 Å². The molecule has 2 rings (SSSR count). The molecule has 1 aliphatic heterocycles. The summed E-state index contributed by atoms with van der Waals surface area (Å²) in [5.74, 6) is 0.503. The van der Waals surface area contributed by atoms with Crippen molar-refractivity contribution in [2.75, 3.05) is 6.54 Å². The third-order valence-corrected chi connectivity index (χ3v) is 3.58. The quantitative estimate of drug-likeness (QED) is 0.890. The van der Waals surface area contributed by atoms with Gasteiger partial charge in [-0.05, 0) is 45.2 Å². The summed E-state index contributed by atoms with van der Waals surface area (Å²) in [4.78, 5) is 24.8. The highest BCUT2D eigenvalue weighted by molar-refractivity contribution is 5.83. The monoisotopic (exact) mass is 280 g/mol. The Bertz CT molecular complexity index is 497. The van der Waals surface area contributed by atoms with Gasteiger partial charge in [0, 0.05) is 6.54 Å². The molecule has 110 valence electrons. The van der Waals surface area contributed by atoms with Gasteiger partial charge in [0.2, 0.25) is 0 Å². The van der Waals surface area contributed by atoms with Gasteiger partial charge in [0.15, 0.2) is 0 Å². The minimum absolute atomic E-state index is 0.285. The Balaban J connectivity index is 2.01. The molecule has 2 heterocycles. The molecule has 0 radical (unpaired) electrons. The van der Waals surface area contributed by atoms with Crippen LogP contribution in [0.2, 0.25) is 0 Å². The van der Waals surface area contributed by atoms with Crippen LogP contribution in [0.5, 0.6) is 0 Å². The van der Waals surface area contributed by atoms with Crippen LogP contribution in [0.4, 0.5) is 4.79 Å². The molecule has 0 spiro atoms. The number of nitrogens with zero attached hydrogens (tertiary/aromatic N) is 1. The number of carboxylic acid groups (broad SMARTS) is 1. The number of furan rings is 1. The molecule has 2 amide bonds. The third-order valence-electron chi connectivity index (χ3n) is 3.58. The van der Waals surface area contributed by atoms with E-state index in [4.69, 9.17) is 4.42 Å². The topological polar surface area (TPSA) is 82.8 Å². The minimum Gasteiger partial charge on any atom is -0.480 e. The van der Waals surface area contributed by atoms with Crippen molar-refractivity contribution < 1.29 is 19.1 Å². The van der Waals surface area contributed by atoms with E-state index in [0.717, 1.165) is 18.6 Å². The Kier molecular flexibility index (Phi) is 4.32. The van der Waals surface area contributed by atoms with Crippen LogP contribution in [0.15, 0.2) is 16.5 Å². The van der Waals surface area contributed by atoms with Crippen molar-refractivity contribution in [3.05, 3.63) is 23.7 Å². The van der Waals surface area contributed by atoms with Crippen LogP contribution in [0, 0.1) is 6.92 Å². The van der Waals surface area contributed by atoms with Gasteiger partial charge < -0.3 is 19.7 Å². The molecule has 1 aliphatic rings. The maximum Gasteiger partial charge on any atom is 0.326 e. The molecule has 2 N–H and O–H groups in total. The van der Waals surface area contributed by atoms with Gasteiger partial charge in [-0.15, -0.1) is 0 Å². The number of piperidine rings is 1. The molecule has 0 bridgehead atoms. The number of carbonyl (C=O) groups is 2. The Morgan fingerprint density at radius 2 is 2.20 bits per heavy atom. The summed E-state index contributed by atoms with van der Waals surface area (Å²) in [6.07, 6.45) is 2.19. The molecular formula is C14H20N2O4. The lowest BCUT2D eigenvalue weighted by molar-refractivity contribution is -0.143. The summed E-state index contributed by atoms with van der Waals surface area (Å²) in [5.41, 5.74) is 0. The smallest absolute Gasteiger partial charge is 0.326 e. The third kappa shape index (κ3) is 3.12. The van der Waals surface area contributed by atoms with Crippen molar-refractivity contribution in [2.45, 2.75) is 45.2 Å². The number of carbonyl (C=O) groups excluding carboxylic acids is 1. The van der Waals surface area contributed by atoms with E-state index in [9.17, 15) is 14.7 Å². The first-order chi connectivity index (χ1) is 9.49. The number of nitrogens with one attached hydrogen (secondary N) is 1. The number of hydrogen-bond acceptors (Lipinski definition) is 3. The van der Waals surface area contributed by atoms with E-state index >= 15 is 0 Å². The zero-order valence-corrected chi connectivity index (χ0v) is 11.8. The standard InChI is InChI=1S/C14H20N2O4/c1-9-6-7-12(20-9)10(2)15-14(19)16-8-4-3-5-11(16)13(17)18/h6-7,10-11H,3-5,8H2,1-2H3,(H,15,19)(H,17,18). The Morgan fingerprint density at radius 1 is 1.45 bits per heavy atom. The van der Waals surface area contributed by atoms with Crippen LogP contribution in [0.1, 0.15) is 43.7 Å². The summed E-state index contributed by atoms with van der Waals surface area (Å²) in [7, 11) is 0. The molecular weight excluding hydrogens is 260 g/mol. The van der Waals surface area contributed by atoms with Crippen LogP contribution in [-0.2, 0) is 4.79 Å². The molecule has 0 aliphatic carbocycles. The summed E-state index contributed by atoms with van der Waals surface area (Å²) in [5, 5.41) is 12.0. The van der Waals surface area contributed by atoms with Crippen molar-refractivity contribution in [1.82, 2.24) is 10.2 Å². The molecule has 2 atom stereocenters. The maximum absolute atomic E-state index is 12.2. The number of aliphatic carboxylic acids is 1. The molecule has 1 fully saturated rings. The van der Waals surface area contributed by atoms with Crippen molar-refractivity contribution in [3.63, 3.8) is 0 Å². The highest BCUT2D eigenvalue weighted by atomic mass is 16.4. The van der Waals surface area contributed by atoms with Gasteiger partial charge >= 0.3 is 12.0 Å². The van der Waals surface area contributed by atoms with E-state index in [0.29, 0.717) is 18.7 Å². The zero-order chi connectivity index (χ0) is 14.7. The number of hydrogen-bond donors (Lipinski definition) is 2. The van der Waals surface area contributed by atoms with Crippen LogP contribution in [0.25, 0.3) is 0 Å². The number of amides is 2. The highest BCUT2D eigenvalue weighted by Gasteiger charge is 2.32. The van der Waals surface area contributed by atoms with Gasteiger partial charge in [-0.3, -0.25) is 0 Å². The first-order valence-electron chi connectivity index (χ1n) is 6.85. The molecule has 6 heteroatoms. The molecule has 2 unspecified atom stereocenters. The van der Waals surface area contributed by atoms with Crippen molar-refractivity contribution in [3.8, 4) is 0 Å². The van der Waals surface area contributed by atoms with Crippen molar-refractivity contribution in [1.29, 1.82) is 0 Å². The van der Waals surface area contributed by atoms with E-state index in [1.807, 2.05) is 26.0 Å². The largest absolute Gasteiger partial charge is 0.480 e. The molecule has 20 heavy (non-hydrogen) atoms. The molecule has 0 saturated carbocycles. The van der Waals surface area contributed by atoms with Gasteiger partial charge in [0.25, 0.3) is 0 Å². The first-order valence-corrected chi connectivity index (χ1v) is 6.85. The molecule has 1 aromatic heterocycles. The zero-order valence-electron chi connectivity index (χ0n) is 11.8. The van der Waals surface area contributed by atoms with Crippen LogP contribution >= 0.6 is 0 Å². The van der Waals surface area contributed by atoms with Crippen LogP contribution in [-0.4, -0.2) is 34.6 Å². The summed E-state index contributed by atoms with van der Waals surface area (Å²) >= 11 is 0. The number of rotatable bonds is 3. The summed E-state index contributed by atoms with van der Waals surface area (Å²) in [6.45, 7) is 4.13. The van der Waals surface area contributed by atoms with Gasteiger partial charge in [0.1, 0.15) is 17.6 Å². The fraction of sp³-hybridized carbons (Fsp3) is 0.571. The molecule has 6 nitrogen and oxygen atoms in total. The Morgan fingerprint density at radius 3 is 2.80 bits per heavy atom. The van der Waals surface area contributed by atoms with E-state index in [-0.39, 0.29) is 12.1 Å². The average Bonchev–Trinajstić information content (AvgIpc) is 2.85. The predicted molar refractivity (Wildman–Crippen MR) is 72.4 cm³/mol.